The van der Waals surface area contributed by atoms with Crippen LogP contribution in [0.4, 0.5) is 0 Å². The van der Waals surface area contributed by atoms with Gasteiger partial charge in [-0.2, -0.15) is 0 Å². The molecule has 0 saturated heterocycles. The molecule has 3 atom stereocenters. The van der Waals surface area contributed by atoms with Crippen LogP contribution in [0.3, 0.4) is 0 Å². The summed E-state index contributed by atoms with van der Waals surface area (Å²) in [6, 6.07) is 11.2. The number of benzene rings is 2. The molecule has 0 fully saturated rings. The number of amides is 4. The van der Waals surface area contributed by atoms with Gasteiger partial charge < -0.3 is 37.6 Å². The van der Waals surface area contributed by atoms with E-state index >= 15 is 0 Å². The summed E-state index contributed by atoms with van der Waals surface area (Å²) < 4.78 is 0. The molecule has 2 aromatic carbocycles. The Morgan fingerprint density at radius 2 is 1.41 bits per heavy atom. The van der Waals surface area contributed by atoms with Crippen molar-refractivity contribution in [2.45, 2.75) is 43.8 Å². The Labute approximate surface area is 213 Å². The van der Waals surface area contributed by atoms with Gasteiger partial charge in [-0.1, -0.05) is 42.5 Å². The molecule has 198 valence electrons. The van der Waals surface area contributed by atoms with Crippen molar-refractivity contribution in [3.63, 3.8) is 0 Å². The second-order valence-corrected chi connectivity index (χ2v) is 8.41. The summed E-state index contributed by atoms with van der Waals surface area (Å²) in [5.74, 6) is -3.98. The Kier molecular flexibility index (Phi) is 11.0. The van der Waals surface area contributed by atoms with Crippen molar-refractivity contribution in [3.8, 4) is 5.75 Å². The molecule has 2 rings (SSSR count). The van der Waals surface area contributed by atoms with Crippen LogP contribution in [-0.4, -0.2) is 64.5 Å². The number of nitrogens with two attached hydrogens (primary N) is 2. The quantitative estimate of drug-likeness (QED) is 0.165. The van der Waals surface area contributed by atoms with Gasteiger partial charge in [-0.3, -0.25) is 19.2 Å². The number of rotatable bonds is 14. The number of phenolic OH excluding ortho intramolecular Hbond substituents is 1. The lowest BCUT2D eigenvalue weighted by Gasteiger charge is -2.22. The zero-order valence-corrected chi connectivity index (χ0v) is 20.1. The number of carbonyl (C=O) groups is 5. The van der Waals surface area contributed by atoms with Crippen LogP contribution in [0.5, 0.6) is 5.75 Å². The number of carboxylic acids is 1. The summed E-state index contributed by atoms with van der Waals surface area (Å²) in [5, 5.41) is 26.4. The van der Waals surface area contributed by atoms with E-state index < -0.39 is 54.3 Å². The van der Waals surface area contributed by atoms with Gasteiger partial charge in [0, 0.05) is 19.3 Å². The number of aliphatic carboxylic acids is 1. The fraction of sp³-hybridized carbons (Fsp3) is 0.320. The number of carbonyl (C=O) groups excluding carboxylic acids is 4. The molecule has 0 spiro atoms. The topological polar surface area (TPSA) is 214 Å². The van der Waals surface area contributed by atoms with E-state index in [0.29, 0.717) is 11.1 Å². The van der Waals surface area contributed by atoms with E-state index in [-0.39, 0.29) is 31.4 Å². The van der Waals surface area contributed by atoms with Crippen LogP contribution in [0.1, 0.15) is 24.0 Å². The van der Waals surface area contributed by atoms with Crippen molar-refractivity contribution in [1.82, 2.24) is 16.0 Å². The van der Waals surface area contributed by atoms with Gasteiger partial charge in [-0.25, -0.2) is 4.79 Å². The third-order valence-corrected chi connectivity index (χ3v) is 5.39. The first-order chi connectivity index (χ1) is 17.5. The Balaban J connectivity index is 2.07. The number of hydrogen-bond donors (Lipinski definition) is 7. The molecule has 0 radical (unpaired) electrons. The van der Waals surface area contributed by atoms with Crippen molar-refractivity contribution in [3.05, 3.63) is 65.7 Å². The number of carboxylic acid groups (broad SMARTS) is 1. The second kappa shape index (κ2) is 14.2. The van der Waals surface area contributed by atoms with Crippen molar-refractivity contribution < 1.29 is 34.2 Å². The molecule has 2 aromatic rings. The first-order valence-corrected chi connectivity index (χ1v) is 11.5. The van der Waals surface area contributed by atoms with Gasteiger partial charge in [0.25, 0.3) is 0 Å². The fourth-order valence-corrected chi connectivity index (χ4v) is 3.37. The number of primary amides is 1. The van der Waals surface area contributed by atoms with Crippen LogP contribution in [0.25, 0.3) is 0 Å². The smallest absolute Gasteiger partial charge is 0.326 e. The number of phenols is 1. The highest BCUT2D eigenvalue weighted by Gasteiger charge is 2.27. The van der Waals surface area contributed by atoms with Crippen LogP contribution in [0.15, 0.2) is 54.6 Å². The average molecular weight is 514 g/mol. The molecule has 0 aliphatic heterocycles. The molecule has 0 bridgehead atoms. The maximum absolute atomic E-state index is 13.1. The molecule has 0 aliphatic rings. The van der Waals surface area contributed by atoms with Gasteiger partial charge in [0.2, 0.25) is 23.6 Å². The van der Waals surface area contributed by atoms with E-state index in [2.05, 4.69) is 16.0 Å². The Morgan fingerprint density at radius 3 is 2.00 bits per heavy atom. The lowest BCUT2D eigenvalue weighted by molar-refractivity contribution is -0.142. The molecule has 0 aliphatic carbocycles. The summed E-state index contributed by atoms with van der Waals surface area (Å²) in [7, 11) is 0. The third-order valence-electron chi connectivity index (χ3n) is 5.39. The zero-order valence-electron chi connectivity index (χ0n) is 20.1. The minimum atomic E-state index is -1.25. The van der Waals surface area contributed by atoms with Gasteiger partial charge in [0.15, 0.2) is 0 Å². The molecule has 3 unspecified atom stereocenters. The molecule has 37 heavy (non-hydrogen) atoms. The highest BCUT2D eigenvalue weighted by Crippen LogP contribution is 2.12. The predicted octanol–water partition coefficient (Wildman–Crippen LogP) is -1.06. The van der Waals surface area contributed by atoms with Gasteiger partial charge >= 0.3 is 5.97 Å². The summed E-state index contributed by atoms with van der Waals surface area (Å²) in [6.07, 6.45) is -0.0708. The minimum absolute atomic E-state index is 0.00661. The minimum Gasteiger partial charge on any atom is -0.508 e. The van der Waals surface area contributed by atoms with E-state index in [1.54, 1.807) is 42.5 Å². The van der Waals surface area contributed by atoms with Crippen molar-refractivity contribution in [1.29, 1.82) is 0 Å². The summed E-state index contributed by atoms with van der Waals surface area (Å²) in [5.41, 5.74) is 12.0. The summed E-state index contributed by atoms with van der Waals surface area (Å²) in [4.78, 5) is 60.3. The highest BCUT2D eigenvalue weighted by molar-refractivity contribution is 5.92. The number of nitrogens with one attached hydrogen (secondary N) is 3. The van der Waals surface area contributed by atoms with Crippen molar-refractivity contribution >= 4 is 29.6 Å². The molecule has 12 heteroatoms. The van der Waals surface area contributed by atoms with E-state index in [4.69, 9.17) is 11.5 Å². The van der Waals surface area contributed by atoms with Crippen LogP contribution in [-0.2, 0) is 36.8 Å². The molecule has 0 heterocycles. The standard InChI is InChI=1S/C25H31N5O7/c26-18(10-11-21(27)32)23(34)28-14-22(33)29-19(12-16-6-8-17(31)9-7-16)24(35)30-20(25(36)37)13-15-4-2-1-3-5-15/h1-9,18-20,31H,10-14,26H2,(H2,27,32)(H,28,34)(H,29,33)(H,30,35)(H,36,37). The summed E-state index contributed by atoms with van der Waals surface area (Å²) in [6.45, 7) is -0.505. The highest BCUT2D eigenvalue weighted by atomic mass is 16.4. The predicted molar refractivity (Wildman–Crippen MR) is 133 cm³/mol. The van der Waals surface area contributed by atoms with Crippen LogP contribution in [0.2, 0.25) is 0 Å². The van der Waals surface area contributed by atoms with Gasteiger partial charge in [0.1, 0.15) is 17.8 Å². The van der Waals surface area contributed by atoms with Gasteiger partial charge in [0.05, 0.1) is 12.6 Å². The molecule has 4 amide bonds. The van der Waals surface area contributed by atoms with E-state index in [9.17, 15) is 34.2 Å². The van der Waals surface area contributed by atoms with Crippen LogP contribution >= 0.6 is 0 Å². The fourth-order valence-electron chi connectivity index (χ4n) is 3.37. The van der Waals surface area contributed by atoms with Gasteiger partial charge in [-0.05, 0) is 29.7 Å². The molecular weight excluding hydrogens is 482 g/mol. The molecule has 12 nitrogen and oxygen atoms in total. The molecule has 0 saturated carbocycles. The Bertz CT molecular complexity index is 1090. The van der Waals surface area contributed by atoms with Gasteiger partial charge in [-0.15, -0.1) is 0 Å². The maximum Gasteiger partial charge on any atom is 0.326 e. The lowest BCUT2D eigenvalue weighted by atomic mass is 10.0. The van der Waals surface area contributed by atoms with Crippen molar-refractivity contribution in [2.24, 2.45) is 11.5 Å². The second-order valence-electron chi connectivity index (χ2n) is 8.41. The average Bonchev–Trinajstić information content (AvgIpc) is 2.86. The molecular formula is C25H31N5O7. The van der Waals surface area contributed by atoms with Crippen molar-refractivity contribution in [2.75, 3.05) is 6.54 Å². The zero-order chi connectivity index (χ0) is 27.4. The Hall–Kier alpha value is -4.45. The molecule has 9 N–H and O–H groups in total. The largest absolute Gasteiger partial charge is 0.508 e. The number of hydrogen-bond acceptors (Lipinski definition) is 7. The monoisotopic (exact) mass is 513 g/mol. The number of aromatic hydroxyl groups is 1. The normalized spacial score (nSPS) is 13.0. The van der Waals surface area contributed by atoms with E-state index in [1.807, 2.05) is 0 Å². The van der Waals surface area contributed by atoms with Crippen LogP contribution < -0.4 is 27.4 Å². The maximum atomic E-state index is 13.1. The molecule has 0 aromatic heterocycles. The lowest BCUT2D eigenvalue weighted by Crippen LogP contribution is -2.54. The third kappa shape index (κ3) is 10.4. The van der Waals surface area contributed by atoms with E-state index in [0.717, 1.165) is 0 Å². The SMILES string of the molecule is NC(=O)CCC(N)C(=O)NCC(=O)NC(Cc1ccc(O)cc1)C(=O)NC(Cc1ccccc1)C(=O)O. The summed E-state index contributed by atoms with van der Waals surface area (Å²) >= 11 is 0. The van der Waals surface area contributed by atoms with E-state index in [1.165, 1.54) is 12.1 Å². The van der Waals surface area contributed by atoms with Crippen LogP contribution in [0, 0.1) is 0 Å². The Morgan fingerprint density at radius 1 is 0.811 bits per heavy atom. The first-order valence-electron chi connectivity index (χ1n) is 11.5. The first kappa shape index (κ1) is 28.8.